The summed E-state index contributed by atoms with van der Waals surface area (Å²) in [6.07, 6.45) is 3.20. The summed E-state index contributed by atoms with van der Waals surface area (Å²) in [5, 5.41) is 19.6. The third-order valence-corrected chi connectivity index (χ3v) is 5.10. The van der Waals surface area contributed by atoms with Crippen molar-refractivity contribution in [2.24, 2.45) is 11.3 Å². The van der Waals surface area contributed by atoms with E-state index in [-0.39, 0.29) is 17.9 Å². The molecule has 1 N–H and O–H groups in total. The fourth-order valence-electron chi connectivity index (χ4n) is 2.31. The first kappa shape index (κ1) is 17.8. The van der Waals surface area contributed by atoms with E-state index < -0.39 is 5.60 Å². The lowest BCUT2D eigenvalue weighted by Gasteiger charge is -2.45. The summed E-state index contributed by atoms with van der Waals surface area (Å²) in [6.45, 7) is 8.82. The highest BCUT2D eigenvalue weighted by Gasteiger charge is 2.46. The van der Waals surface area contributed by atoms with Crippen molar-refractivity contribution < 1.29 is 9.84 Å². The van der Waals surface area contributed by atoms with Crippen molar-refractivity contribution >= 4 is 11.6 Å². The van der Waals surface area contributed by atoms with Crippen molar-refractivity contribution in [3.63, 3.8) is 0 Å². The Kier molecular flexibility index (Phi) is 5.32. The van der Waals surface area contributed by atoms with Crippen LogP contribution in [0, 0.1) is 11.3 Å². The molecule has 0 aliphatic heterocycles. The largest absolute Gasteiger partial charge is 0.490 e. The monoisotopic (exact) mass is 337 g/mol. The molecule has 0 radical (unpaired) electrons. The predicted octanol–water partition coefficient (Wildman–Crippen LogP) is 3.42. The lowest BCUT2D eigenvalue weighted by atomic mass is 9.67. The number of ether oxygens (including phenoxy) is 1. The lowest BCUT2D eigenvalue weighted by Crippen LogP contribution is -2.54. The van der Waals surface area contributed by atoms with E-state index in [1.54, 1.807) is 41.5 Å². The van der Waals surface area contributed by atoms with Gasteiger partial charge in [-0.2, -0.15) is 0 Å². The maximum atomic E-state index is 11.4. The Morgan fingerprint density at radius 2 is 1.74 bits per heavy atom. The average Bonchev–Trinajstić information content (AvgIpc) is 2.99. The highest BCUT2D eigenvalue weighted by Crippen LogP contribution is 2.39. The molecule has 0 saturated heterocycles. The van der Waals surface area contributed by atoms with Gasteiger partial charge in [-0.3, -0.25) is 0 Å². The Hall–Kier alpha value is -1.59. The molecule has 1 heterocycles. The van der Waals surface area contributed by atoms with Crippen molar-refractivity contribution in [2.45, 2.75) is 39.8 Å². The van der Waals surface area contributed by atoms with Crippen LogP contribution in [0.3, 0.4) is 0 Å². The predicted molar refractivity (Wildman–Crippen MR) is 90.5 cm³/mol. The van der Waals surface area contributed by atoms with E-state index in [9.17, 15) is 5.11 Å². The number of rotatable bonds is 7. The van der Waals surface area contributed by atoms with Crippen LogP contribution in [0.4, 0.5) is 0 Å². The Morgan fingerprint density at radius 1 is 1.17 bits per heavy atom. The maximum absolute atomic E-state index is 11.4. The molecule has 126 valence electrons. The first-order chi connectivity index (χ1) is 10.7. The van der Waals surface area contributed by atoms with Crippen LogP contribution in [-0.4, -0.2) is 32.1 Å². The highest BCUT2D eigenvalue weighted by atomic mass is 35.5. The van der Waals surface area contributed by atoms with Crippen LogP contribution in [-0.2, 0) is 6.54 Å². The molecule has 0 saturated carbocycles. The highest BCUT2D eigenvalue weighted by molar-refractivity contribution is 6.30. The van der Waals surface area contributed by atoms with E-state index in [2.05, 4.69) is 24.0 Å². The number of hydrogen-bond donors (Lipinski definition) is 1. The van der Waals surface area contributed by atoms with E-state index >= 15 is 0 Å². The van der Waals surface area contributed by atoms with Crippen LogP contribution in [0.5, 0.6) is 5.75 Å². The molecule has 0 spiro atoms. The Bertz CT molecular complexity index is 611. The van der Waals surface area contributed by atoms with Gasteiger partial charge in [0.15, 0.2) is 0 Å². The van der Waals surface area contributed by atoms with Gasteiger partial charge in [-0.25, -0.2) is 0 Å². The molecule has 23 heavy (non-hydrogen) atoms. The molecule has 1 unspecified atom stereocenters. The van der Waals surface area contributed by atoms with Crippen molar-refractivity contribution in [1.29, 1.82) is 0 Å². The molecule has 2 rings (SSSR count). The van der Waals surface area contributed by atoms with E-state index in [0.717, 1.165) is 0 Å². The quantitative estimate of drug-likeness (QED) is 0.841. The minimum absolute atomic E-state index is 0.165. The normalized spacial score (nSPS) is 14.7. The van der Waals surface area contributed by atoms with Crippen molar-refractivity contribution in [1.82, 2.24) is 14.8 Å². The number of benzene rings is 1. The van der Waals surface area contributed by atoms with Crippen LogP contribution in [0.2, 0.25) is 5.02 Å². The summed E-state index contributed by atoms with van der Waals surface area (Å²) in [7, 11) is 0. The van der Waals surface area contributed by atoms with Gasteiger partial charge in [-0.15, -0.1) is 10.2 Å². The lowest BCUT2D eigenvalue weighted by molar-refractivity contribution is -0.126. The van der Waals surface area contributed by atoms with Gasteiger partial charge in [0.05, 0.1) is 6.54 Å². The van der Waals surface area contributed by atoms with Crippen molar-refractivity contribution in [2.75, 3.05) is 6.61 Å². The zero-order chi connectivity index (χ0) is 17.1. The summed E-state index contributed by atoms with van der Waals surface area (Å²) in [5.41, 5.74) is -1.45. The smallest absolute Gasteiger partial charge is 0.122 e. The molecule has 0 amide bonds. The first-order valence-corrected chi connectivity index (χ1v) is 8.05. The molecule has 0 fully saturated rings. The van der Waals surface area contributed by atoms with Gasteiger partial charge >= 0.3 is 0 Å². The number of hydrogen-bond acceptors (Lipinski definition) is 4. The summed E-state index contributed by atoms with van der Waals surface area (Å²) < 4.78 is 7.62. The van der Waals surface area contributed by atoms with Gasteiger partial charge in [0.25, 0.3) is 0 Å². The minimum atomic E-state index is -1.08. The fraction of sp³-hybridized carbons (Fsp3) is 0.529. The second-order valence-electron chi connectivity index (χ2n) is 6.78. The molecular weight excluding hydrogens is 314 g/mol. The standard InChI is InChI=1S/C17H24ClN3O2/c1-13(2)16(3,4)17(22,9-21-11-19-20-12-21)10-23-15-7-5-14(18)6-8-15/h5-8,11-13,22H,9-10H2,1-4H3. The zero-order valence-electron chi connectivity index (χ0n) is 14.0. The third-order valence-electron chi connectivity index (χ3n) is 4.84. The third kappa shape index (κ3) is 4.03. The van der Waals surface area contributed by atoms with Crippen molar-refractivity contribution in [3.05, 3.63) is 41.9 Å². The maximum Gasteiger partial charge on any atom is 0.122 e. The van der Waals surface area contributed by atoms with Gasteiger partial charge < -0.3 is 14.4 Å². The van der Waals surface area contributed by atoms with Gasteiger partial charge in [0.1, 0.15) is 30.6 Å². The molecule has 5 nitrogen and oxygen atoms in total. The van der Waals surface area contributed by atoms with Crippen LogP contribution in [0.15, 0.2) is 36.9 Å². The van der Waals surface area contributed by atoms with Gasteiger partial charge in [-0.05, 0) is 30.2 Å². The van der Waals surface area contributed by atoms with Gasteiger partial charge in [0, 0.05) is 10.4 Å². The van der Waals surface area contributed by atoms with E-state index in [4.69, 9.17) is 16.3 Å². The molecule has 1 aromatic heterocycles. The van der Waals surface area contributed by atoms with Crippen LogP contribution >= 0.6 is 11.6 Å². The molecule has 6 heteroatoms. The SMILES string of the molecule is CC(C)C(C)(C)C(O)(COc1ccc(Cl)cc1)Cn1cnnc1. The van der Waals surface area contributed by atoms with E-state index in [1.807, 2.05) is 13.8 Å². The fourth-order valence-corrected chi connectivity index (χ4v) is 2.44. The van der Waals surface area contributed by atoms with Crippen LogP contribution < -0.4 is 4.74 Å². The van der Waals surface area contributed by atoms with Gasteiger partial charge in [0.2, 0.25) is 0 Å². The van der Waals surface area contributed by atoms with E-state index in [0.29, 0.717) is 17.3 Å². The topological polar surface area (TPSA) is 60.2 Å². The molecule has 1 atom stereocenters. The first-order valence-electron chi connectivity index (χ1n) is 7.68. The molecular formula is C17H24ClN3O2. The van der Waals surface area contributed by atoms with Crippen LogP contribution in [0.25, 0.3) is 0 Å². The molecule has 0 aliphatic rings. The van der Waals surface area contributed by atoms with Crippen LogP contribution in [0.1, 0.15) is 27.7 Å². The summed E-state index contributed by atoms with van der Waals surface area (Å²) in [6, 6.07) is 7.13. The second kappa shape index (κ2) is 6.89. The summed E-state index contributed by atoms with van der Waals surface area (Å²) in [4.78, 5) is 0. The number of nitrogens with zero attached hydrogens (tertiary/aromatic N) is 3. The van der Waals surface area contributed by atoms with Crippen molar-refractivity contribution in [3.8, 4) is 5.75 Å². The molecule has 0 bridgehead atoms. The molecule has 2 aromatic rings. The molecule has 1 aromatic carbocycles. The van der Waals surface area contributed by atoms with E-state index in [1.165, 1.54) is 0 Å². The molecule has 0 aliphatic carbocycles. The van der Waals surface area contributed by atoms with Gasteiger partial charge in [-0.1, -0.05) is 39.3 Å². The zero-order valence-corrected chi connectivity index (χ0v) is 14.8. The number of aromatic nitrogens is 3. The number of halogens is 1. The Balaban J connectivity index is 2.20. The second-order valence-corrected chi connectivity index (χ2v) is 7.22. The summed E-state index contributed by atoms with van der Waals surface area (Å²) in [5.74, 6) is 0.939. The Morgan fingerprint density at radius 3 is 2.26 bits per heavy atom. The number of aliphatic hydroxyl groups is 1. The minimum Gasteiger partial charge on any atom is -0.490 e. The average molecular weight is 338 g/mol. The Labute approximate surface area is 142 Å². The summed E-state index contributed by atoms with van der Waals surface area (Å²) >= 11 is 5.89.